The first-order valence-electron chi connectivity index (χ1n) is 13.4. The fourth-order valence-electron chi connectivity index (χ4n) is 4.70. The molecule has 0 fully saturated rings. The van der Waals surface area contributed by atoms with Crippen LogP contribution in [0, 0.1) is 19.8 Å². The van der Waals surface area contributed by atoms with Gasteiger partial charge in [0.15, 0.2) is 10.8 Å². The van der Waals surface area contributed by atoms with E-state index >= 15 is 0 Å². The van der Waals surface area contributed by atoms with Crippen LogP contribution in [-0.2, 0) is 28.3 Å². The lowest BCUT2D eigenvalue weighted by Gasteiger charge is -2.33. The van der Waals surface area contributed by atoms with E-state index in [-0.39, 0.29) is 43.0 Å². The Morgan fingerprint density at radius 3 is 2.64 bits per heavy atom. The van der Waals surface area contributed by atoms with Crippen molar-refractivity contribution in [2.45, 2.75) is 51.3 Å². The van der Waals surface area contributed by atoms with Gasteiger partial charge in [0.25, 0.3) is 10.0 Å². The maximum Gasteiger partial charge on any atom is 0.323 e. The first-order chi connectivity index (χ1) is 19.8. The van der Waals surface area contributed by atoms with E-state index in [0.717, 1.165) is 0 Å². The van der Waals surface area contributed by atoms with Gasteiger partial charge in [0.05, 0.1) is 31.9 Å². The van der Waals surface area contributed by atoms with Gasteiger partial charge in [-0.15, -0.1) is 0 Å². The molecule has 3 aromatic rings. The predicted molar refractivity (Wildman–Crippen MR) is 154 cm³/mol. The van der Waals surface area contributed by atoms with Crippen molar-refractivity contribution >= 4 is 33.3 Å². The first-order valence-corrected chi connectivity index (χ1v) is 14.9. The number of aryl methyl sites for hydroxylation is 3. The molecule has 15 heteroatoms. The normalized spacial score (nSPS) is 18.5. The fraction of sp³-hybridized carbons (Fsp3) is 0.481. The zero-order valence-corrected chi connectivity index (χ0v) is 25.3. The lowest BCUT2D eigenvalue weighted by Crippen LogP contribution is -2.48. The summed E-state index contributed by atoms with van der Waals surface area (Å²) >= 11 is 0. The summed E-state index contributed by atoms with van der Waals surface area (Å²) in [4.78, 5) is 31.7. The van der Waals surface area contributed by atoms with Crippen molar-refractivity contribution < 1.29 is 32.4 Å². The Morgan fingerprint density at radius 2 is 2.02 bits per heavy atom. The van der Waals surface area contributed by atoms with E-state index in [0.29, 0.717) is 34.1 Å². The number of aliphatic hydroxyl groups excluding tert-OH is 1. The maximum atomic E-state index is 13.4. The van der Waals surface area contributed by atoms with Gasteiger partial charge in [-0.2, -0.15) is 4.31 Å². The Balaban J connectivity index is 1.62. The highest BCUT2D eigenvalue weighted by molar-refractivity contribution is 7.89. The lowest BCUT2D eigenvalue weighted by molar-refractivity contribution is -0.134. The maximum absolute atomic E-state index is 13.4. The number of likely N-dealkylation sites (N-methyl/N-ethyl adjacent to an activating group) is 1. The molecule has 1 aliphatic heterocycles. The lowest BCUT2D eigenvalue weighted by atomic mass is 10.0. The molecule has 228 valence electrons. The van der Waals surface area contributed by atoms with Crippen LogP contribution in [0.1, 0.15) is 30.9 Å². The number of urea groups is 1. The van der Waals surface area contributed by atoms with Gasteiger partial charge in [-0.05, 0) is 39.0 Å². The van der Waals surface area contributed by atoms with Crippen molar-refractivity contribution in [3.8, 4) is 5.75 Å². The predicted octanol–water partition coefficient (Wildman–Crippen LogP) is 2.14. The molecule has 0 spiro atoms. The van der Waals surface area contributed by atoms with Gasteiger partial charge >= 0.3 is 6.03 Å². The Labute approximate surface area is 244 Å². The summed E-state index contributed by atoms with van der Waals surface area (Å²) in [6.07, 6.45) is 2.13. The third kappa shape index (κ3) is 6.74. The van der Waals surface area contributed by atoms with Crippen LogP contribution in [0.4, 0.5) is 16.2 Å². The van der Waals surface area contributed by atoms with Crippen LogP contribution in [0.3, 0.4) is 0 Å². The number of nitrogens with zero attached hydrogens (tertiary/aromatic N) is 5. The number of rotatable bonds is 8. The van der Waals surface area contributed by atoms with Gasteiger partial charge < -0.3 is 34.5 Å². The minimum Gasteiger partial charge on any atom is -0.488 e. The van der Waals surface area contributed by atoms with Crippen LogP contribution in [0.2, 0.25) is 0 Å². The average Bonchev–Trinajstić information content (AvgIpc) is 3.53. The third-order valence-corrected chi connectivity index (χ3v) is 8.95. The number of anilines is 2. The largest absolute Gasteiger partial charge is 0.488 e. The van der Waals surface area contributed by atoms with Crippen molar-refractivity contribution in [3.05, 3.63) is 47.7 Å². The van der Waals surface area contributed by atoms with Crippen LogP contribution in [0.15, 0.2) is 40.3 Å². The van der Waals surface area contributed by atoms with Crippen LogP contribution in [0.25, 0.3) is 0 Å². The van der Waals surface area contributed by atoms with Gasteiger partial charge in [-0.3, -0.25) is 4.79 Å². The van der Waals surface area contributed by atoms with Crippen LogP contribution >= 0.6 is 0 Å². The molecule has 0 radical (unpaired) electrons. The molecule has 14 nitrogen and oxygen atoms in total. The minimum absolute atomic E-state index is 0.0190. The Morgan fingerprint density at radius 1 is 1.29 bits per heavy atom. The van der Waals surface area contributed by atoms with Gasteiger partial charge in [0, 0.05) is 44.0 Å². The number of fused-ring (bicyclic) bond motifs is 1. The second-order valence-electron chi connectivity index (χ2n) is 10.7. The zero-order chi connectivity index (χ0) is 30.8. The van der Waals surface area contributed by atoms with E-state index in [2.05, 4.69) is 20.8 Å². The zero-order valence-electron chi connectivity index (χ0n) is 24.5. The smallest absolute Gasteiger partial charge is 0.323 e. The van der Waals surface area contributed by atoms with E-state index < -0.39 is 28.2 Å². The van der Waals surface area contributed by atoms with Crippen molar-refractivity contribution in [1.82, 2.24) is 23.9 Å². The summed E-state index contributed by atoms with van der Waals surface area (Å²) in [5.74, 6) is 0.304. The topological polar surface area (TPSA) is 172 Å². The molecule has 1 aromatic carbocycles. The molecule has 3 amide bonds. The summed E-state index contributed by atoms with van der Waals surface area (Å²) in [5, 5.41) is 19.1. The highest BCUT2D eigenvalue weighted by atomic mass is 32.2. The van der Waals surface area contributed by atoms with Crippen molar-refractivity contribution in [3.63, 3.8) is 0 Å². The molecule has 0 saturated heterocycles. The molecule has 0 saturated carbocycles. The van der Waals surface area contributed by atoms with Gasteiger partial charge in [-0.1, -0.05) is 12.1 Å². The van der Waals surface area contributed by atoms with E-state index in [4.69, 9.17) is 9.26 Å². The number of sulfonamides is 1. The second-order valence-corrected chi connectivity index (χ2v) is 12.6. The number of aromatic nitrogens is 3. The van der Waals surface area contributed by atoms with Gasteiger partial charge in [0.1, 0.15) is 23.2 Å². The van der Waals surface area contributed by atoms with E-state index in [1.165, 1.54) is 23.9 Å². The Hall–Kier alpha value is -3.95. The summed E-state index contributed by atoms with van der Waals surface area (Å²) in [6.45, 7) is 6.98. The molecule has 2 aromatic heterocycles. The second kappa shape index (κ2) is 12.5. The van der Waals surface area contributed by atoms with E-state index in [1.54, 1.807) is 55.5 Å². The number of imidazole rings is 1. The number of ether oxygens (including phenoxy) is 1. The number of benzene rings is 1. The molecule has 0 bridgehead atoms. The summed E-state index contributed by atoms with van der Waals surface area (Å²) in [6, 6.07) is 3.93. The number of carbonyl (C=O) groups excluding carboxylic acids is 2. The van der Waals surface area contributed by atoms with Crippen LogP contribution in [-0.4, -0.2) is 88.3 Å². The van der Waals surface area contributed by atoms with E-state index in [1.807, 2.05) is 6.92 Å². The molecule has 42 heavy (non-hydrogen) atoms. The number of amides is 3. The number of carbonyl (C=O) groups is 2. The van der Waals surface area contributed by atoms with Crippen molar-refractivity contribution in [2.75, 3.05) is 37.4 Å². The fourth-order valence-corrected chi connectivity index (χ4v) is 5.84. The average molecular weight is 604 g/mol. The van der Waals surface area contributed by atoms with E-state index in [9.17, 15) is 23.1 Å². The van der Waals surface area contributed by atoms with Crippen molar-refractivity contribution in [2.24, 2.45) is 13.0 Å². The van der Waals surface area contributed by atoms with Crippen LogP contribution in [0.5, 0.6) is 5.75 Å². The molecule has 3 atom stereocenters. The minimum atomic E-state index is -3.91. The Bertz CT molecular complexity index is 1530. The molecule has 0 unspecified atom stereocenters. The van der Waals surface area contributed by atoms with Crippen molar-refractivity contribution in [1.29, 1.82) is 0 Å². The number of nitrogens with one attached hydrogen (secondary N) is 2. The number of hydrogen-bond donors (Lipinski definition) is 3. The SMILES string of the molecule is Cc1noc(C)c1NC(=O)Nc1ccc2c(c1)CC(=O)N([C@H](C)CO)C[C@@H](C)[C@H](CN(C)S(=O)(=O)c1cn(C)cn1)O2. The number of hydrogen-bond acceptors (Lipinski definition) is 9. The highest BCUT2D eigenvalue weighted by Gasteiger charge is 2.34. The molecule has 4 rings (SSSR count). The summed E-state index contributed by atoms with van der Waals surface area (Å²) < 4.78 is 40.6. The highest BCUT2D eigenvalue weighted by Crippen LogP contribution is 2.30. The third-order valence-electron chi connectivity index (χ3n) is 7.24. The van der Waals surface area contributed by atoms with Gasteiger partial charge in [-0.25, -0.2) is 18.2 Å². The quantitative estimate of drug-likeness (QED) is 0.349. The Kier molecular flexibility index (Phi) is 9.23. The van der Waals surface area contributed by atoms with Gasteiger partial charge in [0.2, 0.25) is 5.91 Å². The summed E-state index contributed by atoms with van der Waals surface area (Å²) in [5.41, 5.74) is 1.91. The molecule has 0 aliphatic carbocycles. The molecule has 3 N–H and O–H groups in total. The monoisotopic (exact) mass is 603 g/mol. The molecular formula is C27H37N7O7S. The molecule has 3 heterocycles. The molecule has 1 aliphatic rings. The molecular weight excluding hydrogens is 566 g/mol. The van der Waals surface area contributed by atoms with Crippen LogP contribution < -0.4 is 15.4 Å². The number of aliphatic hydroxyl groups is 1. The summed E-state index contributed by atoms with van der Waals surface area (Å²) in [7, 11) is -0.766. The first kappa shape index (κ1) is 31.0. The standard InChI is InChI=1S/C27H37N7O7S/c1-16-11-34(17(2)14-35)25(36)10-20-9-21(29-27(37)30-26-18(3)31-41-19(26)4)7-8-22(20)40-23(16)12-33(6)42(38,39)24-13-32(5)15-28-24/h7-9,13,15-17,23,35H,10-12,14H2,1-6H3,(H2,29,30,37)/t16-,17-,23+/m1/s1.